The van der Waals surface area contributed by atoms with Crippen molar-refractivity contribution >= 4 is 0 Å². The lowest BCUT2D eigenvalue weighted by atomic mass is 9.93. The highest BCUT2D eigenvalue weighted by atomic mass is 19.4. The van der Waals surface area contributed by atoms with Gasteiger partial charge in [0.05, 0.1) is 0 Å². The number of rotatable bonds is 3. The van der Waals surface area contributed by atoms with Crippen LogP contribution in [-0.2, 0) is 4.74 Å². The summed E-state index contributed by atoms with van der Waals surface area (Å²) in [6.07, 6.45) is -3.50. The van der Waals surface area contributed by atoms with Gasteiger partial charge in [-0.15, -0.1) is 4.90 Å². The number of methoxy groups -OCH3 is 1. The first-order valence-corrected chi connectivity index (χ1v) is 5.35. The fraction of sp³-hybridized carbons (Fsp3) is 1.00. The van der Waals surface area contributed by atoms with E-state index in [0.29, 0.717) is 7.11 Å². The number of nitrogens with zero attached hydrogens (tertiary/aromatic N) is 1. The Labute approximate surface area is 111 Å². The van der Waals surface area contributed by atoms with Crippen molar-refractivity contribution in [2.45, 2.75) is 49.4 Å². The lowest BCUT2D eigenvalue weighted by Gasteiger charge is -2.52. The first kappa shape index (κ1) is 18.3. The van der Waals surface area contributed by atoms with E-state index in [-0.39, 0.29) is 0 Å². The number of alkyl halides is 10. The van der Waals surface area contributed by atoms with Gasteiger partial charge < -0.3 is 4.74 Å². The molecule has 2 nitrogen and oxygen atoms in total. The van der Waals surface area contributed by atoms with Gasteiger partial charge in [0.1, 0.15) is 6.23 Å². The Morgan fingerprint density at radius 2 is 1.10 bits per heavy atom. The second kappa shape index (κ2) is 4.61. The molecular weight excluding hydrogens is 328 g/mol. The van der Waals surface area contributed by atoms with E-state index < -0.39 is 47.4 Å². The second-order valence-electron chi connectivity index (χ2n) is 4.27. The van der Waals surface area contributed by atoms with Crippen LogP contribution in [-0.4, -0.2) is 48.1 Å². The molecule has 0 aromatic carbocycles. The second-order valence-corrected chi connectivity index (χ2v) is 4.27. The van der Waals surface area contributed by atoms with Gasteiger partial charge in [-0.05, 0) is 6.42 Å². The Hall–Kier alpha value is -0.780. The smallest absolute Gasteiger partial charge is 0.366 e. The molecule has 1 aliphatic heterocycles. The lowest BCUT2D eigenvalue weighted by molar-refractivity contribution is -0.520. The average molecular weight is 337 g/mol. The zero-order valence-electron chi connectivity index (χ0n) is 10.4. The molecule has 1 fully saturated rings. The maximum absolute atomic E-state index is 13.4. The molecule has 1 aliphatic rings. The Bertz CT molecular complexity index is 375. The van der Waals surface area contributed by atoms with Crippen molar-refractivity contribution in [1.29, 1.82) is 0 Å². The molecule has 0 radical (unpaired) electrons. The molecular formula is C9H9F10NO. The monoisotopic (exact) mass is 337 g/mol. The fourth-order valence-electron chi connectivity index (χ4n) is 1.87. The van der Waals surface area contributed by atoms with Crippen molar-refractivity contribution in [1.82, 2.24) is 4.90 Å². The maximum Gasteiger partial charge on any atom is 0.393 e. The van der Waals surface area contributed by atoms with E-state index >= 15 is 0 Å². The van der Waals surface area contributed by atoms with Crippen molar-refractivity contribution in [3.8, 4) is 0 Å². The minimum atomic E-state index is -6.96. The molecule has 12 heteroatoms. The minimum absolute atomic E-state index is 0.503. The Morgan fingerprint density at radius 1 is 0.762 bits per heavy atom. The molecule has 126 valence electrons. The van der Waals surface area contributed by atoms with Crippen LogP contribution in [0.5, 0.6) is 0 Å². The average Bonchev–Trinajstić information content (AvgIpc) is 2.32. The van der Waals surface area contributed by atoms with E-state index in [1.807, 2.05) is 0 Å². The SMILES string of the molecule is CCC(OC)N1C(F)(F)C(F)(F)C(F)(F)C(F)(F)C1(F)F. The Balaban J connectivity index is 3.65. The first-order chi connectivity index (χ1) is 9.14. The molecule has 0 saturated carbocycles. The molecule has 0 amide bonds. The molecule has 0 bridgehead atoms. The summed E-state index contributed by atoms with van der Waals surface area (Å²) in [4.78, 5) is -2.00. The van der Waals surface area contributed by atoms with Crippen molar-refractivity contribution in [3.63, 3.8) is 0 Å². The number of hydrogen-bond donors (Lipinski definition) is 0. The minimum Gasteiger partial charge on any atom is -0.366 e. The molecule has 0 aliphatic carbocycles. The number of ether oxygens (including phenoxy) is 1. The van der Waals surface area contributed by atoms with Gasteiger partial charge in [0.25, 0.3) is 0 Å². The van der Waals surface area contributed by atoms with E-state index in [1.54, 1.807) is 0 Å². The van der Waals surface area contributed by atoms with Crippen LogP contribution in [0.15, 0.2) is 0 Å². The molecule has 0 spiro atoms. The highest BCUT2D eigenvalue weighted by Gasteiger charge is 2.95. The zero-order chi connectivity index (χ0) is 17.1. The summed E-state index contributed by atoms with van der Waals surface area (Å²) in [5.74, 6) is -20.4. The summed E-state index contributed by atoms with van der Waals surface area (Å²) in [5, 5.41) is 0. The van der Waals surface area contributed by atoms with Gasteiger partial charge in [-0.1, -0.05) is 6.92 Å². The summed E-state index contributed by atoms with van der Waals surface area (Å²) < 4.78 is 136. The number of halogens is 10. The topological polar surface area (TPSA) is 12.5 Å². The maximum atomic E-state index is 13.4. The van der Waals surface area contributed by atoms with E-state index in [4.69, 9.17) is 0 Å². The van der Waals surface area contributed by atoms with E-state index in [0.717, 1.165) is 6.92 Å². The van der Waals surface area contributed by atoms with Crippen molar-refractivity contribution in [2.75, 3.05) is 7.11 Å². The first-order valence-electron chi connectivity index (χ1n) is 5.35. The van der Waals surface area contributed by atoms with Crippen LogP contribution in [0.25, 0.3) is 0 Å². The van der Waals surface area contributed by atoms with Gasteiger partial charge in [-0.25, -0.2) is 0 Å². The molecule has 1 rings (SSSR count). The predicted octanol–water partition coefficient (Wildman–Crippen LogP) is 3.78. The zero-order valence-corrected chi connectivity index (χ0v) is 10.4. The third kappa shape index (κ3) is 1.87. The number of piperidine rings is 1. The van der Waals surface area contributed by atoms with Crippen LogP contribution in [0, 0.1) is 0 Å². The summed E-state index contributed by atoms with van der Waals surface area (Å²) >= 11 is 0. The molecule has 1 heterocycles. The largest absolute Gasteiger partial charge is 0.393 e. The van der Waals surface area contributed by atoms with Crippen LogP contribution >= 0.6 is 0 Å². The Morgan fingerprint density at radius 3 is 1.33 bits per heavy atom. The van der Waals surface area contributed by atoms with Crippen molar-refractivity contribution in [2.24, 2.45) is 0 Å². The van der Waals surface area contributed by atoms with E-state index in [2.05, 4.69) is 4.74 Å². The van der Waals surface area contributed by atoms with Gasteiger partial charge in [0.2, 0.25) is 0 Å². The van der Waals surface area contributed by atoms with Crippen LogP contribution in [0.4, 0.5) is 43.9 Å². The van der Waals surface area contributed by atoms with Crippen LogP contribution in [0.3, 0.4) is 0 Å². The van der Waals surface area contributed by atoms with Gasteiger partial charge >= 0.3 is 29.9 Å². The molecule has 0 aromatic rings. The highest BCUT2D eigenvalue weighted by Crippen LogP contribution is 2.64. The molecule has 21 heavy (non-hydrogen) atoms. The molecule has 0 aromatic heterocycles. The standard InChI is InChI=1S/C9H9F10NO/c1-3-4(21-2)20-8(16,17)6(12,13)5(10,11)7(14,15)9(20,18)19/h4H,3H2,1-2H3. The number of hydrogen-bond acceptors (Lipinski definition) is 2. The van der Waals surface area contributed by atoms with E-state index in [9.17, 15) is 43.9 Å². The molecule has 1 saturated heterocycles. The van der Waals surface area contributed by atoms with Crippen LogP contribution in [0.2, 0.25) is 0 Å². The van der Waals surface area contributed by atoms with Crippen molar-refractivity contribution in [3.05, 3.63) is 0 Å². The summed E-state index contributed by atoms with van der Waals surface area (Å²) in [6.45, 7) is 0.878. The normalized spacial score (nSPS) is 30.9. The van der Waals surface area contributed by atoms with E-state index in [1.165, 1.54) is 0 Å². The predicted molar refractivity (Wildman–Crippen MR) is 47.7 cm³/mol. The van der Waals surface area contributed by atoms with Gasteiger partial charge in [-0.2, -0.15) is 43.9 Å². The number of likely N-dealkylation sites (tertiary alicyclic amines) is 1. The lowest BCUT2D eigenvalue weighted by Crippen LogP contribution is -2.83. The third-order valence-electron chi connectivity index (χ3n) is 3.06. The fourth-order valence-corrected chi connectivity index (χ4v) is 1.87. The molecule has 1 unspecified atom stereocenters. The molecule has 0 N–H and O–H groups in total. The summed E-state index contributed by atoms with van der Waals surface area (Å²) in [5.41, 5.74) is 0. The summed E-state index contributed by atoms with van der Waals surface area (Å²) in [6, 6.07) is -12.5. The van der Waals surface area contributed by atoms with Gasteiger partial charge in [-0.3, -0.25) is 0 Å². The molecule has 1 atom stereocenters. The summed E-state index contributed by atoms with van der Waals surface area (Å²) in [7, 11) is 0.503. The van der Waals surface area contributed by atoms with Gasteiger partial charge in [0, 0.05) is 7.11 Å². The Kier molecular flexibility index (Phi) is 4.01. The quantitative estimate of drug-likeness (QED) is 0.574. The van der Waals surface area contributed by atoms with Crippen molar-refractivity contribution < 1.29 is 48.6 Å². The highest BCUT2D eigenvalue weighted by molar-refractivity contribution is 5.14. The third-order valence-corrected chi connectivity index (χ3v) is 3.06. The van der Waals surface area contributed by atoms with Crippen LogP contribution in [0.1, 0.15) is 13.3 Å². The van der Waals surface area contributed by atoms with Gasteiger partial charge in [0.15, 0.2) is 0 Å². The van der Waals surface area contributed by atoms with Crippen LogP contribution < -0.4 is 0 Å².